The summed E-state index contributed by atoms with van der Waals surface area (Å²) in [6.45, 7) is 5.03. The van der Waals surface area contributed by atoms with E-state index in [2.05, 4.69) is 10.2 Å². The Morgan fingerprint density at radius 2 is 1.94 bits per heavy atom. The van der Waals surface area contributed by atoms with Crippen LogP contribution >= 0.6 is 0 Å². The normalized spacial score (nSPS) is 14.3. The summed E-state index contributed by atoms with van der Waals surface area (Å²) < 4.78 is 16.7. The number of hydrogen-bond acceptors (Lipinski definition) is 6. The molecule has 0 spiro atoms. The van der Waals surface area contributed by atoms with Gasteiger partial charge in [-0.1, -0.05) is 18.2 Å². The Kier molecular flexibility index (Phi) is 8.65. The Bertz CT molecular complexity index is 953. The number of para-hydroxylation sites is 1. The Balaban J connectivity index is 1.53. The molecule has 0 aliphatic carbocycles. The predicted octanol–water partition coefficient (Wildman–Crippen LogP) is 3.15. The van der Waals surface area contributed by atoms with Gasteiger partial charge in [-0.15, -0.1) is 0 Å². The first-order valence-corrected chi connectivity index (χ1v) is 10.5. The molecule has 8 heteroatoms. The fraction of sp³-hybridized carbons (Fsp3) is 0.333. The van der Waals surface area contributed by atoms with E-state index in [-0.39, 0.29) is 11.3 Å². The number of carbonyl (C=O) groups is 2. The summed E-state index contributed by atoms with van der Waals surface area (Å²) in [5, 5.41) is 11.8. The van der Waals surface area contributed by atoms with E-state index in [0.29, 0.717) is 18.1 Å². The van der Waals surface area contributed by atoms with Crippen LogP contribution in [0.2, 0.25) is 0 Å². The zero-order valence-corrected chi connectivity index (χ0v) is 18.1. The van der Waals surface area contributed by atoms with Crippen molar-refractivity contribution < 1.29 is 28.9 Å². The minimum absolute atomic E-state index is 0.0334. The highest BCUT2D eigenvalue weighted by Crippen LogP contribution is 2.28. The van der Waals surface area contributed by atoms with E-state index >= 15 is 0 Å². The van der Waals surface area contributed by atoms with Crippen LogP contribution in [0.5, 0.6) is 11.5 Å². The van der Waals surface area contributed by atoms with Crippen molar-refractivity contribution in [1.29, 1.82) is 0 Å². The lowest BCUT2D eigenvalue weighted by Crippen LogP contribution is -2.37. The predicted molar refractivity (Wildman–Crippen MR) is 121 cm³/mol. The smallest absolute Gasteiger partial charge is 0.337 e. The number of carboxylic acid groups (broad SMARTS) is 1. The highest BCUT2D eigenvalue weighted by Gasteiger charge is 2.11. The first-order valence-electron chi connectivity index (χ1n) is 10.5. The minimum Gasteiger partial charge on any atom is -0.493 e. The Morgan fingerprint density at radius 1 is 1.16 bits per heavy atom. The van der Waals surface area contributed by atoms with Gasteiger partial charge in [0.25, 0.3) is 0 Å². The van der Waals surface area contributed by atoms with Gasteiger partial charge in [0.05, 0.1) is 38.2 Å². The van der Waals surface area contributed by atoms with Crippen LogP contribution in [-0.4, -0.2) is 68.4 Å². The van der Waals surface area contributed by atoms with Crippen LogP contribution in [0.15, 0.2) is 48.5 Å². The summed E-state index contributed by atoms with van der Waals surface area (Å²) in [5.74, 6) is -0.308. The third kappa shape index (κ3) is 6.83. The number of benzene rings is 2. The Morgan fingerprint density at radius 3 is 2.69 bits per heavy atom. The van der Waals surface area contributed by atoms with Gasteiger partial charge in [-0.3, -0.25) is 9.69 Å². The summed E-state index contributed by atoms with van der Waals surface area (Å²) in [7, 11) is 1.57. The Labute approximate surface area is 187 Å². The molecule has 2 N–H and O–H groups in total. The van der Waals surface area contributed by atoms with Crippen molar-refractivity contribution in [3.8, 4) is 11.5 Å². The SMILES string of the molecule is COc1cc(/C=C/C(=O)Nc2ccccc2C(=O)O)ccc1OCCCN1CCOCC1. The monoisotopic (exact) mass is 440 g/mol. The first-order chi connectivity index (χ1) is 15.6. The number of methoxy groups -OCH3 is 1. The zero-order valence-electron chi connectivity index (χ0n) is 18.1. The van der Waals surface area contributed by atoms with Gasteiger partial charge in [-0.05, 0) is 42.3 Å². The fourth-order valence-corrected chi connectivity index (χ4v) is 3.33. The minimum atomic E-state index is -1.10. The maximum absolute atomic E-state index is 12.2. The molecule has 32 heavy (non-hydrogen) atoms. The van der Waals surface area contributed by atoms with E-state index in [0.717, 1.165) is 44.8 Å². The van der Waals surface area contributed by atoms with Gasteiger partial charge in [-0.25, -0.2) is 4.79 Å². The molecule has 0 unspecified atom stereocenters. The topological polar surface area (TPSA) is 97.3 Å². The van der Waals surface area contributed by atoms with Gasteiger partial charge in [0, 0.05) is 25.7 Å². The number of carbonyl (C=O) groups excluding carboxylic acids is 1. The molecular weight excluding hydrogens is 412 g/mol. The van der Waals surface area contributed by atoms with E-state index in [4.69, 9.17) is 14.2 Å². The van der Waals surface area contributed by atoms with Crippen molar-refractivity contribution >= 4 is 23.6 Å². The van der Waals surface area contributed by atoms with Crippen LogP contribution in [0.4, 0.5) is 5.69 Å². The van der Waals surface area contributed by atoms with Gasteiger partial charge < -0.3 is 24.6 Å². The quantitative estimate of drug-likeness (QED) is 0.433. The van der Waals surface area contributed by atoms with Crippen molar-refractivity contribution in [2.24, 2.45) is 0 Å². The third-order valence-corrected chi connectivity index (χ3v) is 5.01. The van der Waals surface area contributed by atoms with Crippen molar-refractivity contribution in [3.05, 3.63) is 59.7 Å². The second kappa shape index (κ2) is 11.9. The molecule has 0 saturated carbocycles. The molecule has 0 bridgehead atoms. The van der Waals surface area contributed by atoms with Gasteiger partial charge in [0.2, 0.25) is 5.91 Å². The maximum Gasteiger partial charge on any atom is 0.337 e. The number of carboxylic acids is 1. The van der Waals surface area contributed by atoms with Crippen molar-refractivity contribution in [2.75, 3.05) is 51.9 Å². The zero-order chi connectivity index (χ0) is 22.8. The summed E-state index contributed by atoms with van der Waals surface area (Å²) in [6.07, 6.45) is 3.88. The molecule has 3 rings (SSSR count). The summed E-state index contributed by atoms with van der Waals surface area (Å²) >= 11 is 0. The van der Waals surface area contributed by atoms with E-state index in [1.807, 2.05) is 12.1 Å². The van der Waals surface area contributed by atoms with Crippen molar-refractivity contribution in [1.82, 2.24) is 4.90 Å². The second-order valence-electron chi connectivity index (χ2n) is 7.24. The molecule has 2 aromatic carbocycles. The molecule has 1 fully saturated rings. The lowest BCUT2D eigenvalue weighted by atomic mass is 10.1. The maximum atomic E-state index is 12.2. The molecule has 1 amide bonds. The van der Waals surface area contributed by atoms with Crippen LogP contribution in [-0.2, 0) is 9.53 Å². The summed E-state index contributed by atoms with van der Waals surface area (Å²) in [4.78, 5) is 25.8. The molecule has 0 atom stereocenters. The van der Waals surface area contributed by atoms with Gasteiger partial charge >= 0.3 is 5.97 Å². The summed E-state index contributed by atoms with van der Waals surface area (Å²) in [5.41, 5.74) is 1.03. The van der Waals surface area contributed by atoms with Crippen LogP contribution < -0.4 is 14.8 Å². The average Bonchev–Trinajstić information content (AvgIpc) is 2.81. The molecule has 1 saturated heterocycles. The second-order valence-corrected chi connectivity index (χ2v) is 7.24. The lowest BCUT2D eigenvalue weighted by Gasteiger charge is -2.26. The number of aromatic carboxylic acids is 1. The Hall–Kier alpha value is -3.36. The molecule has 1 heterocycles. The molecule has 2 aromatic rings. The van der Waals surface area contributed by atoms with E-state index in [1.54, 1.807) is 37.5 Å². The van der Waals surface area contributed by atoms with Gasteiger partial charge in [0.15, 0.2) is 11.5 Å². The number of nitrogens with zero attached hydrogens (tertiary/aromatic N) is 1. The van der Waals surface area contributed by atoms with Crippen molar-refractivity contribution in [2.45, 2.75) is 6.42 Å². The highest BCUT2D eigenvalue weighted by molar-refractivity contribution is 6.06. The number of amides is 1. The van der Waals surface area contributed by atoms with Crippen LogP contribution in [0.25, 0.3) is 6.08 Å². The number of anilines is 1. The average molecular weight is 440 g/mol. The molecule has 1 aliphatic heterocycles. The van der Waals surface area contributed by atoms with Crippen molar-refractivity contribution in [3.63, 3.8) is 0 Å². The fourth-order valence-electron chi connectivity index (χ4n) is 3.33. The van der Waals surface area contributed by atoms with Crippen LogP contribution in [0.3, 0.4) is 0 Å². The molecule has 1 aliphatic rings. The molecule has 0 aromatic heterocycles. The third-order valence-electron chi connectivity index (χ3n) is 5.01. The number of hydrogen-bond donors (Lipinski definition) is 2. The largest absolute Gasteiger partial charge is 0.493 e. The number of ether oxygens (including phenoxy) is 3. The van der Waals surface area contributed by atoms with Gasteiger partial charge in [-0.2, -0.15) is 0 Å². The molecule has 0 radical (unpaired) electrons. The number of morpholine rings is 1. The molecule has 170 valence electrons. The highest BCUT2D eigenvalue weighted by atomic mass is 16.5. The standard InChI is InChI=1S/C24H28N2O6/c1-30-22-17-18(7-9-21(22)32-14-4-11-26-12-15-31-16-13-26)8-10-23(27)25-20-6-3-2-5-19(20)24(28)29/h2-3,5-10,17H,4,11-16H2,1H3,(H,25,27)(H,28,29)/b10-8+. The van der Waals surface area contributed by atoms with E-state index in [1.165, 1.54) is 12.1 Å². The number of rotatable bonds is 10. The van der Waals surface area contributed by atoms with E-state index in [9.17, 15) is 14.7 Å². The lowest BCUT2D eigenvalue weighted by molar-refractivity contribution is -0.111. The summed E-state index contributed by atoms with van der Waals surface area (Å²) in [6, 6.07) is 11.7. The number of nitrogens with one attached hydrogen (secondary N) is 1. The molecular formula is C24H28N2O6. The van der Waals surface area contributed by atoms with Crippen LogP contribution in [0.1, 0.15) is 22.3 Å². The molecule has 8 nitrogen and oxygen atoms in total. The van der Waals surface area contributed by atoms with E-state index < -0.39 is 11.9 Å². The van der Waals surface area contributed by atoms with Crippen LogP contribution in [0, 0.1) is 0 Å². The van der Waals surface area contributed by atoms with Gasteiger partial charge in [0.1, 0.15) is 0 Å². The first kappa shape index (κ1) is 23.3.